The van der Waals surface area contributed by atoms with E-state index >= 15 is 0 Å². The zero-order valence-electron chi connectivity index (χ0n) is 23.8. The van der Waals surface area contributed by atoms with E-state index in [1.165, 1.54) is 30.3 Å². The van der Waals surface area contributed by atoms with E-state index in [4.69, 9.17) is 5.73 Å². The fourth-order valence-corrected chi connectivity index (χ4v) is 7.74. The van der Waals surface area contributed by atoms with Crippen molar-refractivity contribution in [1.29, 1.82) is 0 Å². The fraction of sp³-hybridized carbons (Fsp3) is 0.290. The maximum atomic E-state index is 14.1. The summed E-state index contributed by atoms with van der Waals surface area (Å²) in [5.74, 6) is -9.36. The highest BCUT2D eigenvalue weighted by Gasteiger charge is 2.67. The first kappa shape index (κ1) is 29.5. The number of benzene rings is 2. The molecule has 0 radical (unpaired) electrons. The van der Waals surface area contributed by atoms with Gasteiger partial charge < -0.3 is 36.6 Å². The number of phenolic OH excluding ortho intramolecular Hbond substituents is 1. The van der Waals surface area contributed by atoms with Crippen molar-refractivity contribution < 1.29 is 39.9 Å². The predicted octanol–water partition coefficient (Wildman–Crippen LogP) is 2.52. The Balaban J connectivity index is 1.46. The number of aliphatic hydroxyl groups excluding tert-OH is 3. The van der Waals surface area contributed by atoms with E-state index < -0.39 is 81.4 Å². The Kier molecular flexibility index (Phi) is 6.89. The second-order valence-corrected chi connectivity index (χ2v) is 12.5. The number of thiazole rings is 1. The van der Waals surface area contributed by atoms with E-state index in [1.54, 1.807) is 25.3 Å². The van der Waals surface area contributed by atoms with E-state index in [-0.39, 0.29) is 11.3 Å². The number of ketones is 2. The third-order valence-electron chi connectivity index (χ3n) is 8.94. The topological polar surface area (TPSA) is 207 Å². The van der Waals surface area contributed by atoms with Crippen LogP contribution in [0.3, 0.4) is 0 Å². The number of primary amides is 1. The van der Waals surface area contributed by atoms with Gasteiger partial charge in [0.25, 0.3) is 5.91 Å². The number of hydrogen-bond donors (Lipinski definition) is 7. The molecule has 1 heterocycles. The first-order valence-electron chi connectivity index (χ1n) is 13.8. The molecule has 44 heavy (non-hydrogen) atoms. The van der Waals surface area contributed by atoms with Gasteiger partial charge in [-0.15, -0.1) is 0 Å². The summed E-state index contributed by atoms with van der Waals surface area (Å²) in [6.45, 7) is 1.68. The van der Waals surface area contributed by atoms with Crippen LogP contribution in [0.25, 0.3) is 10.4 Å². The molecule has 8 N–H and O–H groups in total. The summed E-state index contributed by atoms with van der Waals surface area (Å²) in [4.78, 5) is 46.4. The monoisotopic (exact) mass is 618 g/mol. The van der Waals surface area contributed by atoms with Gasteiger partial charge in [0.15, 0.2) is 22.3 Å². The average molecular weight is 619 g/mol. The number of nitrogens with two attached hydrogens (primary N) is 1. The van der Waals surface area contributed by atoms with Crippen molar-refractivity contribution in [1.82, 2.24) is 9.88 Å². The third kappa shape index (κ3) is 4.00. The number of anilines is 2. The summed E-state index contributed by atoms with van der Waals surface area (Å²) >= 11 is 1.33. The van der Waals surface area contributed by atoms with Crippen LogP contribution in [0.2, 0.25) is 0 Å². The van der Waals surface area contributed by atoms with Crippen LogP contribution in [0.1, 0.15) is 28.8 Å². The number of Topliss-reactive ketones (excluding diaryl/α,β-unsaturated/α-hetero) is 2. The molecule has 1 amide bonds. The van der Waals surface area contributed by atoms with E-state index in [1.807, 2.05) is 30.3 Å². The number of carbonyl (C=O) groups is 3. The molecule has 2 aromatic carbocycles. The molecule has 0 saturated heterocycles. The number of amides is 1. The zero-order chi connectivity index (χ0) is 31.8. The van der Waals surface area contributed by atoms with Crippen LogP contribution in [-0.4, -0.2) is 84.7 Å². The minimum atomic E-state index is -2.97. The number of nitrogens with zero attached hydrogens (tertiary/aromatic N) is 2. The SMILES string of the molecule is CC1c2ccc(Nc3ncc(-c4ccccc4)s3)c(O)c2C(=O)C2=C(O)C3(O)C(=O)C(C(N)=O)=C(O)C(N(C)C)C3C(O)C21. The lowest BCUT2D eigenvalue weighted by Gasteiger charge is -2.53. The summed E-state index contributed by atoms with van der Waals surface area (Å²) in [6.07, 6.45) is 0.0194. The lowest BCUT2D eigenvalue weighted by molar-refractivity contribution is -0.162. The van der Waals surface area contributed by atoms with Gasteiger partial charge in [0.2, 0.25) is 5.78 Å². The van der Waals surface area contributed by atoms with Gasteiger partial charge in [-0.2, -0.15) is 0 Å². The van der Waals surface area contributed by atoms with E-state index in [2.05, 4.69) is 10.3 Å². The van der Waals surface area contributed by atoms with Crippen molar-refractivity contribution in [2.24, 2.45) is 17.6 Å². The Morgan fingerprint density at radius 2 is 1.77 bits per heavy atom. The van der Waals surface area contributed by atoms with Crippen LogP contribution in [0.4, 0.5) is 10.8 Å². The molecule has 0 saturated carbocycles. The van der Waals surface area contributed by atoms with E-state index in [0.717, 1.165) is 10.4 Å². The number of aromatic hydroxyl groups is 1. The van der Waals surface area contributed by atoms with Gasteiger partial charge in [-0.3, -0.25) is 19.3 Å². The first-order chi connectivity index (χ1) is 20.8. The molecule has 0 fully saturated rings. The van der Waals surface area contributed by atoms with Gasteiger partial charge in [-0.25, -0.2) is 4.98 Å². The third-order valence-corrected chi connectivity index (χ3v) is 9.90. The van der Waals surface area contributed by atoms with Crippen LogP contribution < -0.4 is 11.1 Å². The number of phenols is 1. The Morgan fingerprint density at radius 3 is 2.41 bits per heavy atom. The minimum Gasteiger partial charge on any atom is -0.510 e. The van der Waals surface area contributed by atoms with Crippen LogP contribution in [0, 0.1) is 11.8 Å². The van der Waals surface area contributed by atoms with Crippen LogP contribution in [0.5, 0.6) is 5.75 Å². The fourth-order valence-electron chi connectivity index (χ4n) is 6.91. The van der Waals surface area contributed by atoms with Gasteiger partial charge in [0, 0.05) is 17.7 Å². The van der Waals surface area contributed by atoms with Gasteiger partial charge >= 0.3 is 0 Å². The quantitative estimate of drug-likeness (QED) is 0.163. The smallest absolute Gasteiger partial charge is 0.255 e. The Labute approximate surface area is 255 Å². The first-order valence-corrected chi connectivity index (χ1v) is 14.6. The summed E-state index contributed by atoms with van der Waals surface area (Å²) < 4.78 is 0. The van der Waals surface area contributed by atoms with Crippen molar-refractivity contribution >= 4 is 39.6 Å². The summed E-state index contributed by atoms with van der Waals surface area (Å²) in [5, 5.41) is 60.8. The van der Waals surface area contributed by atoms with Gasteiger partial charge in [-0.1, -0.05) is 54.7 Å². The van der Waals surface area contributed by atoms with E-state index in [0.29, 0.717) is 10.7 Å². The van der Waals surface area contributed by atoms with Gasteiger partial charge in [-0.05, 0) is 37.2 Å². The molecule has 6 atom stereocenters. The number of rotatable bonds is 5. The maximum Gasteiger partial charge on any atom is 0.255 e. The highest BCUT2D eigenvalue weighted by molar-refractivity contribution is 7.19. The molecule has 0 aliphatic heterocycles. The van der Waals surface area contributed by atoms with Gasteiger partial charge in [0.1, 0.15) is 17.1 Å². The molecule has 228 valence electrons. The van der Waals surface area contributed by atoms with Crippen LogP contribution >= 0.6 is 11.3 Å². The number of aromatic nitrogens is 1. The van der Waals surface area contributed by atoms with E-state index in [9.17, 15) is 39.9 Å². The molecule has 6 unspecified atom stereocenters. The van der Waals surface area contributed by atoms with Crippen molar-refractivity contribution in [3.8, 4) is 16.2 Å². The number of aliphatic hydroxyl groups is 4. The van der Waals surface area contributed by atoms with Gasteiger partial charge in [0.05, 0.1) is 34.2 Å². The molecule has 0 bridgehead atoms. The van der Waals surface area contributed by atoms with Crippen LogP contribution in [-0.2, 0) is 9.59 Å². The summed E-state index contributed by atoms with van der Waals surface area (Å²) in [5.41, 5.74) is 2.28. The largest absolute Gasteiger partial charge is 0.510 e. The molecule has 13 heteroatoms. The number of hydrogen-bond acceptors (Lipinski definition) is 12. The molecular formula is C31H30N4O8S. The molecule has 3 aliphatic rings. The van der Waals surface area contributed by atoms with Crippen molar-refractivity contribution in [3.05, 3.63) is 82.5 Å². The normalized spacial score (nSPS) is 28.1. The Morgan fingerprint density at radius 1 is 1.09 bits per heavy atom. The number of nitrogens with one attached hydrogen (secondary N) is 1. The lowest BCUT2D eigenvalue weighted by Crippen LogP contribution is -2.68. The second-order valence-electron chi connectivity index (χ2n) is 11.5. The van der Waals surface area contributed by atoms with Crippen molar-refractivity contribution in [2.75, 3.05) is 19.4 Å². The number of likely N-dealkylation sites (N-methyl/N-ethyl adjacent to an activating group) is 1. The summed E-state index contributed by atoms with van der Waals surface area (Å²) in [6, 6.07) is 11.4. The highest BCUT2D eigenvalue weighted by atomic mass is 32.1. The minimum absolute atomic E-state index is 0.148. The number of fused-ring (bicyclic) bond motifs is 3. The molecule has 3 aliphatic carbocycles. The van der Waals surface area contributed by atoms with Crippen molar-refractivity contribution in [2.45, 2.75) is 30.6 Å². The molecule has 3 aromatic rings. The summed E-state index contributed by atoms with van der Waals surface area (Å²) in [7, 11) is 2.97. The van der Waals surface area contributed by atoms with Crippen LogP contribution in [0.15, 0.2) is 71.3 Å². The molecule has 6 rings (SSSR count). The molecule has 0 spiro atoms. The predicted molar refractivity (Wildman–Crippen MR) is 161 cm³/mol. The molecule has 12 nitrogen and oxygen atoms in total. The average Bonchev–Trinajstić information content (AvgIpc) is 3.45. The maximum absolute atomic E-state index is 14.1. The Bertz CT molecular complexity index is 1800. The second kappa shape index (κ2) is 10.3. The molecule has 1 aromatic heterocycles. The van der Waals surface area contributed by atoms with Crippen molar-refractivity contribution in [3.63, 3.8) is 0 Å². The number of carbonyl (C=O) groups excluding carboxylic acids is 3. The Hall–Kier alpha value is -4.56. The molecular weight excluding hydrogens is 588 g/mol. The zero-order valence-corrected chi connectivity index (χ0v) is 24.7. The standard InChI is InChI=1S/C31H30N4O8S/c1-12-14-9-10-15(34-30-33-11-16(44-30)13-7-5-4-6-8-13)23(36)18(14)24(37)19-17(12)25(38)21-22(35(2)3)26(39)20(29(32)42)28(41)31(21,43)27(19)40/h4-12,17,21-22,25,36,38-40,43H,1-3H3,(H2,32,42)(H,33,34). The lowest BCUT2D eigenvalue weighted by atomic mass is 9.55. The highest BCUT2D eigenvalue weighted by Crippen LogP contribution is 2.56.